The molecule has 8 nitrogen and oxygen atoms in total. The topological polar surface area (TPSA) is 117 Å². The summed E-state index contributed by atoms with van der Waals surface area (Å²) in [4.78, 5) is 22.6. The third-order valence-corrected chi connectivity index (χ3v) is 3.22. The van der Waals surface area contributed by atoms with E-state index < -0.39 is 35.8 Å². The smallest absolute Gasteiger partial charge is 0.416 e. The summed E-state index contributed by atoms with van der Waals surface area (Å²) in [7, 11) is 0. The molecule has 2 aromatic rings. The number of carboxylic acid groups (broad SMARTS) is 1. The quantitative estimate of drug-likeness (QED) is 0.730. The average molecular weight is 358 g/mol. The molecule has 3 N–H and O–H groups in total. The number of aliphatic hydroxyl groups is 1. The van der Waals surface area contributed by atoms with E-state index in [0.29, 0.717) is 0 Å². The summed E-state index contributed by atoms with van der Waals surface area (Å²) in [5, 5.41) is 27.5. The standard InChI is InChI=1S/C14H13F3N4O4/c1-13(25,12(23)24)7-18-11(22)10-6-21(20-19-10)9-4-2-3-8(5-9)14(15,16)17/h2-6,25H,7H2,1H3,(H,18,22)(H,23,24). The molecule has 0 aliphatic rings. The van der Waals surface area contributed by atoms with Crippen LogP contribution in [0.15, 0.2) is 30.5 Å². The second kappa shape index (κ2) is 6.51. The first-order valence-electron chi connectivity index (χ1n) is 6.84. The number of aliphatic carboxylic acids is 1. The van der Waals surface area contributed by atoms with Gasteiger partial charge in [-0.3, -0.25) is 4.79 Å². The van der Waals surface area contributed by atoms with Crippen LogP contribution in [0.4, 0.5) is 13.2 Å². The number of rotatable bonds is 5. The van der Waals surface area contributed by atoms with Crippen molar-refractivity contribution >= 4 is 11.9 Å². The van der Waals surface area contributed by atoms with Crippen LogP contribution in [0.1, 0.15) is 23.0 Å². The van der Waals surface area contributed by atoms with Gasteiger partial charge in [0.15, 0.2) is 11.3 Å². The zero-order valence-corrected chi connectivity index (χ0v) is 12.8. The Labute approximate surface area is 138 Å². The maximum Gasteiger partial charge on any atom is 0.416 e. The number of nitrogens with one attached hydrogen (secondary N) is 1. The zero-order chi connectivity index (χ0) is 18.8. The van der Waals surface area contributed by atoms with Gasteiger partial charge in [0.2, 0.25) is 0 Å². The number of aromatic nitrogens is 3. The number of carbonyl (C=O) groups excluding carboxylic acids is 1. The number of amides is 1. The van der Waals surface area contributed by atoms with Crippen molar-refractivity contribution in [2.45, 2.75) is 18.7 Å². The number of hydrogen-bond donors (Lipinski definition) is 3. The molecule has 134 valence electrons. The van der Waals surface area contributed by atoms with Gasteiger partial charge in [-0.15, -0.1) is 5.10 Å². The van der Waals surface area contributed by atoms with Gasteiger partial charge in [0, 0.05) is 0 Å². The molecular formula is C14H13F3N4O4. The normalized spacial score (nSPS) is 14.0. The molecule has 0 saturated carbocycles. The van der Waals surface area contributed by atoms with Crippen LogP contribution in [0.2, 0.25) is 0 Å². The molecule has 1 aromatic heterocycles. The van der Waals surface area contributed by atoms with Crippen molar-refractivity contribution in [2.75, 3.05) is 6.54 Å². The molecule has 2 rings (SSSR count). The van der Waals surface area contributed by atoms with E-state index in [1.807, 2.05) is 0 Å². The second-order valence-corrected chi connectivity index (χ2v) is 5.36. The van der Waals surface area contributed by atoms with Crippen molar-refractivity contribution in [3.8, 4) is 5.69 Å². The van der Waals surface area contributed by atoms with Crippen LogP contribution in [0, 0.1) is 0 Å². The Morgan fingerprint density at radius 3 is 2.60 bits per heavy atom. The monoisotopic (exact) mass is 358 g/mol. The highest BCUT2D eigenvalue weighted by Crippen LogP contribution is 2.30. The van der Waals surface area contributed by atoms with Gasteiger partial charge >= 0.3 is 12.1 Å². The average Bonchev–Trinajstić information content (AvgIpc) is 3.02. The highest BCUT2D eigenvalue weighted by atomic mass is 19.4. The fraction of sp³-hybridized carbons (Fsp3) is 0.286. The summed E-state index contributed by atoms with van der Waals surface area (Å²) >= 11 is 0. The molecule has 0 aliphatic carbocycles. The van der Waals surface area contributed by atoms with Crippen molar-refractivity contribution in [3.63, 3.8) is 0 Å². The summed E-state index contributed by atoms with van der Waals surface area (Å²) in [6.45, 7) is 0.409. The van der Waals surface area contributed by atoms with E-state index in [1.165, 1.54) is 12.1 Å². The van der Waals surface area contributed by atoms with Crippen LogP contribution in [-0.2, 0) is 11.0 Å². The molecule has 25 heavy (non-hydrogen) atoms. The Balaban J connectivity index is 2.15. The van der Waals surface area contributed by atoms with Gasteiger partial charge in [0.05, 0.1) is 24.0 Å². The van der Waals surface area contributed by atoms with Gasteiger partial charge in [-0.2, -0.15) is 13.2 Å². The highest BCUT2D eigenvalue weighted by molar-refractivity contribution is 5.92. The predicted octanol–water partition coefficient (Wildman–Crippen LogP) is 0.851. The Morgan fingerprint density at radius 2 is 2.00 bits per heavy atom. The number of carbonyl (C=O) groups is 2. The number of halogens is 3. The summed E-state index contributed by atoms with van der Waals surface area (Å²) in [5.41, 5.74) is -3.27. The van der Waals surface area contributed by atoms with Crippen molar-refractivity contribution in [2.24, 2.45) is 0 Å². The second-order valence-electron chi connectivity index (χ2n) is 5.36. The molecule has 0 fully saturated rings. The molecule has 0 saturated heterocycles. The van der Waals surface area contributed by atoms with E-state index in [4.69, 9.17) is 5.11 Å². The highest BCUT2D eigenvalue weighted by Gasteiger charge is 2.31. The van der Waals surface area contributed by atoms with Crippen molar-refractivity contribution in [1.82, 2.24) is 20.3 Å². The van der Waals surface area contributed by atoms with Crippen LogP contribution >= 0.6 is 0 Å². The lowest BCUT2D eigenvalue weighted by atomic mass is 10.1. The predicted molar refractivity (Wildman–Crippen MR) is 77.0 cm³/mol. The molecule has 1 aromatic carbocycles. The lowest BCUT2D eigenvalue weighted by Crippen LogP contribution is -2.46. The first-order valence-corrected chi connectivity index (χ1v) is 6.84. The minimum Gasteiger partial charge on any atom is -0.479 e. The van der Waals surface area contributed by atoms with Crippen LogP contribution in [0.5, 0.6) is 0 Å². The first-order chi connectivity index (χ1) is 11.5. The Hall–Kier alpha value is -2.95. The summed E-state index contributed by atoms with van der Waals surface area (Å²) < 4.78 is 39.1. The van der Waals surface area contributed by atoms with Crippen molar-refractivity contribution < 1.29 is 33.0 Å². The molecular weight excluding hydrogens is 345 g/mol. The van der Waals surface area contributed by atoms with Gasteiger partial charge < -0.3 is 15.5 Å². The van der Waals surface area contributed by atoms with Crippen LogP contribution in [0.3, 0.4) is 0 Å². The van der Waals surface area contributed by atoms with E-state index >= 15 is 0 Å². The molecule has 0 spiro atoms. The van der Waals surface area contributed by atoms with Gasteiger partial charge in [-0.1, -0.05) is 11.3 Å². The molecule has 11 heteroatoms. The van der Waals surface area contributed by atoms with E-state index in [9.17, 15) is 27.9 Å². The number of benzene rings is 1. The van der Waals surface area contributed by atoms with Gasteiger partial charge in [0.25, 0.3) is 5.91 Å². The number of hydrogen-bond acceptors (Lipinski definition) is 5. The maximum absolute atomic E-state index is 12.7. The van der Waals surface area contributed by atoms with E-state index in [0.717, 1.165) is 29.9 Å². The Bertz CT molecular complexity index is 801. The molecule has 1 amide bonds. The minimum atomic E-state index is -4.53. The lowest BCUT2D eigenvalue weighted by molar-refractivity contribution is -0.155. The van der Waals surface area contributed by atoms with E-state index in [1.54, 1.807) is 0 Å². The molecule has 1 heterocycles. The summed E-state index contributed by atoms with van der Waals surface area (Å²) in [6.07, 6.45) is -3.44. The maximum atomic E-state index is 12.7. The summed E-state index contributed by atoms with van der Waals surface area (Å²) in [5.74, 6) is -2.36. The molecule has 0 bridgehead atoms. The number of nitrogens with zero attached hydrogens (tertiary/aromatic N) is 3. The molecule has 0 aliphatic heterocycles. The van der Waals surface area contributed by atoms with Gasteiger partial charge in [-0.25, -0.2) is 9.48 Å². The molecule has 1 atom stereocenters. The van der Waals surface area contributed by atoms with Crippen molar-refractivity contribution in [3.05, 3.63) is 41.7 Å². The van der Waals surface area contributed by atoms with Crippen LogP contribution in [-0.4, -0.2) is 49.2 Å². The fourth-order valence-electron chi connectivity index (χ4n) is 1.74. The van der Waals surface area contributed by atoms with Gasteiger partial charge in [-0.05, 0) is 25.1 Å². The van der Waals surface area contributed by atoms with Crippen LogP contribution in [0.25, 0.3) is 5.69 Å². The third-order valence-electron chi connectivity index (χ3n) is 3.22. The number of alkyl halides is 3. The van der Waals surface area contributed by atoms with Crippen LogP contribution < -0.4 is 5.32 Å². The minimum absolute atomic E-state index is 0.0407. The molecule has 0 radical (unpaired) electrons. The van der Waals surface area contributed by atoms with Crippen molar-refractivity contribution in [1.29, 1.82) is 0 Å². The van der Waals surface area contributed by atoms with E-state index in [-0.39, 0.29) is 11.4 Å². The fourth-order valence-corrected chi connectivity index (χ4v) is 1.74. The molecule has 1 unspecified atom stereocenters. The largest absolute Gasteiger partial charge is 0.479 e. The van der Waals surface area contributed by atoms with E-state index in [2.05, 4.69) is 15.6 Å². The zero-order valence-electron chi connectivity index (χ0n) is 12.8. The first kappa shape index (κ1) is 18.4. The van der Waals surface area contributed by atoms with Gasteiger partial charge in [0.1, 0.15) is 0 Å². The SMILES string of the molecule is CC(O)(CNC(=O)c1cn(-c2cccc(C(F)(F)F)c2)nn1)C(=O)O. The lowest BCUT2D eigenvalue weighted by Gasteiger charge is -2.17. The summed E-state index contributed by atoms with van der Waals surface area (Å²) in [6, 6.07) is 4.26. The Kier molecular flexibility index (Phi) is 4.79. The number of carboxylic acids is 1. The third kappa shape index (κ3) is 4.32. The Morgan fingerprint density at radius 1 is 1.32 bits per heavy atom.